The molecule has 2 aromatic rings. The van der Waals surface area contributed by atoms with E-state index in [1.807, 2.05) is 0 Å². The zero-order chi connectivity index (χ0) is 21.2. The molecule has 2 saturated carbocycles. The molecule has 158 valence electrons. The van der Waals surface area contributed by atoms with Crippen LogP contribution >= 0.6 is 0 Å². The molecule has 2 unspecified atom stereocenters. The summed E-state index contributed by atoms with van der Waals surface area (Å²) in [5, 5.41) is 0. The molecule has 1 saturated heterocycles. The van der Waals surface area contributed by atoms with E-state index in [0.717, 1.165) is 11.8 Å². The van der Waals surface area contributed by atoms with Gasteiger partial charge in [-0.2, -0.15) is 0 Å². The Labute approximate surface area is 183 Å². The van der Waals surface area contributed by atoms with Gasteiger partial charge in [-0.05, 0) is 74.6 Å². The standard InChI is InChI=1S/C28H36N2/c1-20-11-3-9-17-25(20)29-19-30-26-18-10-8-16-24(26)28(27(30)21(29)2,22-12-4-5-13-22)23-14-6-7-15-23/h3,8-11,16-18,21-23,27H,4-7,12-15,19H2,1-2H3/t21-,27?/m0/s1/i19D/t19?,21-,27?. The van der Waals surface area contributed by atoms with E-state index in [0.29, 0.717) is 12.1 Å². The van der Waals surface area contributed by atoms with E-state index in [2.05, 4.69) is 72.2 Å². The van der Waals surface area contributed by atoms with Gasteiger partial charge < -0.3 is 9.80 Å². The Morgan fingerprint density at radius 3 is 2.00 bits per heavy atom. The van der Waals surface area contributed by atoms with Crippen molar-refractivity contribution >= 4 is 11.4 Å². The maximum atomic E-state index is 9.48. The van der Waals surface area contributed by atoms with Crippen LogP contribution in [0.5, 0.6) is 0 Å². The van der Waals surface area contributed by atoms with E-state index < -0.39 is 0 Å². The molecule has 2 aliphatic carbocycles. The van der Waals surface area contributed by atoms with Crippen molar-refractivity contribution in [1.82, 2.24) is 0 Å². The van der Waals surface area contributed by atoms with Crippen molar-refractivity contribution in [3.63, 3.8) is 0 Å². The lowest BCUT2D eigenvalue weighted by Gasteiger charge is -2.48. The molecule has 2 aromatic carbocycles. The summed E-state index contributed by atoms with van der Waals surface area (Å²) >= 11 is 0. The first-order valence-corrected chi connectivity index (χ1v) is 12.3. The molecule has 3 atom stereocenters. The molecule has 30 heavy (non-hydrogen) atoms. The third kappa shape index (κ3) is 2.43. The van der Waals surface area contributed by atoms with Crippen molar-refractivity contribution in [2.75, 3.05) is 16.4 Å². The van der Waals surface area contributed by atoms with E-state index in [4.69, 9.17) is 0 Å². The molecule has 0 bridgehead atoms. The van der Waals surface area contributed by atoms with Crippen molar-refractivity contribution in [2.45, 2.75) is 82.7 Å². The van der Waals surface area contributed by atoms with Gasteiger partial charge in [0.25, 0.3) is 0 Å². The van der Waals surface area contributed by atoms with Crippen LogP contribution in [0.1, 0.15) is 70.8 Å². The van der Waals surface area contributed by atoms with Gasteiger partial charge in [0, 0.05) is 22.8 Å². The molecule has 2 nitrogen and oxygen atoms in total. The highest BCUT2D eigenvalue weighted by Crippen LogP contribution is 2.63. The molecule has 0 spiro atoms. The van der Waals surface area contributed by atoms with Gasteiger partial charge in [-0.1, -0.05) is 62.1 Å². The van der Waals surface area contributed by atoms with Crippen molar-refractivity contribution in [2.24, 2.45) is 11.8 Å². The SMILES string of the molecule is [2H]C1N2c3ccccc3C(C3CCCC3)(C3CCCC3)C2[C@H](C)N1c1ccccc1C. The van der Waals surface area contributed by atoms with Crippen LogP contribution in [0.15, 0.2) is 48.5 Å². The minimum absolute atomic E-state index is 0.208. The monoisotopic (exact) mass is 401 g/mol. The lowest BCUT2D eigenvalue weighted by Crippen LogP contribution is -2.55. The highest BCUT2D eigenvalue weighted by molar-refractivity contribution is 5.71. The third-order valence-corrected chi connectivity index (χ3v) is 9.04. The highest BCUT2D eigenvalue weighted by Gasteiger charge is 2.63. The van der Waals surface area contributed by atoms with Crippen LogP contribution in [-0.2, 0) is 5.41 Å². The summed E-state index contributed by atoms with van der Waals surface area (Å²) < 4.78 is 9.48. The maximum absolute atomic E-state index is 9.48. The number of benzene rings is 2. The topological polar surface area (TPSA) is 6.48 Å². The van der Waals surface area contributed by atoms with Gasteiger partial charge in [0.1, 0.15) is 0 Å². The Bertz CT molecular complexity index is 943. The predicted molar refractivity (Wildman–Crippen MR) is 126 cm³/mol. The first-order valence-electron chi connectivity index (χ1n) is 12.9. The first-order chi connectivity index (χ1) is 15.2. The second kappa shape index (κ2) is 7.04. The predicted octanol–water partition coefficient (Wildman–Crippen LogP) is 6.67. The molecule has 4 aliphatic rings. The molecule has 6 rings (SSSR count). The van der Waals surface area contributed by atoms with Crippen LogP contribution in [0, 0.1) is 18.8 Å². The number of fused-ring (bicyclic) bond motifs is 3. The number of para-hydroxylation sites is 2. The summed E-state index contributed by atoms with van der Waals surface area (Å²) in [5.41, 5.74) is 5.68. The second-order valence-electron chi connectivity index (χ2n) is 10.3. The van der Waals surface area contributed by atoms with Crippen LogP contribution in [0.3, 0.4) is 0 Å². The van der Waals surface area contributed by atoms with Crippen molar-refractivity contribution in [3.05, 3.63) is 59.7 Å². The van der Waals surface area contributed by atoms with Gasteiger partial charge in [-0.3, -0.25) is 0 Å². The van der Waals surface area contributed by atoms with Gasteiger partial charge in [-0.25, -0.2) is 0 Å². The smallest absolute Gasteiger partial charge is 0.0910 e. The van der Waals surface area contributed by atoms with Gasteiger partial charge in [0.05, 0.1) is 14.1 Å². The summed E-state index contributed by atoms with van der Waals surface area (Å²) in [5.74, 6) is 1.52. The Morgan fingerprint density at radius 1 is 0.800 bits per heavy atom. The summed E-state index contributed by atoms with van der Waals surface area (Å²) in [4.78, 5) is 4.96. The van der Waals surface area contributed by atoms with Crippen molar-refractivity contribution in [1.29, 1.82) is 0 Å². The average molecular weight is 402 g/mol. The molecular formula is C28H36N2. The molecule has 0 amide bonds. The van der Waals surface area contributed by atoms with Crippen LogP contribution < -0.4 is 9.80 Å². The molecule has 0 N–H and O–H groups in total. The molecule has 0 radical (unpaired) electrons. The Morgan fingerprint density at radius 2 is 1.37 bits per heavy atom. The Kier molecular flexibility index (Phi) is 4.15. The fourth-order valence-electron chi connectivity index (χ4n) is 7.96. The zero-order valence-electron chi connectivity index (χ0n) is 19.6. The van der Waals surface area contributed by atoms with Gasteiger partial charge in [0.15, 0.2) is 0 Å². The fourth-order valence-corrected chi connectivity index (χ4v) is 7.96. The summed E-state index contributed by atoms with van der Waals surface area (Å²) in [6.07, 6.45) is 11.0. The van der Waals surface area contributed by atoms with E-state index in [1.54, 1.807) is 5.56 Å². The number of aryl methyl sites for hydroxylation is 1. The Balaban J connectivity index is 1.56. The van der Waals surface area contributed by atoms with Gasteiger partial charge in [0.2, 0.25) is 0 Å². The van der Waals surface area contributed by atoms with Crippen molar-refractivity contribution in [3.8, 4) is 0 Å². The summed E-state index contributed by atoms with van der Waals surface area (Å²) in [6, 6.07) is 18.7. The summed E-state index contributed by atoms with van der Waals surface area (Å²) in [7, 11) is 0. The first kappa shape index (κ1) is 17.7. The van der Waals surface area contributed by atoms with E-state index in [-0.39, 0.29) is 12.1 Å². The van der Waals surface area contributed by atoms with Crippen LogP contribution in [-0.4, -0.2) is 18.7 Å². The summed E-state index contributed by atoms with van der Waals surface area (Å²) in [6.45, 7) is 4.27. The lowest BCUT2D eigenvalue weighted by atomic mass is 9.57. The molecule has 2 aliphatic heterocycles. The Hall–Kier alpha value is -1.96. The minimum atomic E-state index is -0.355. The maximum Gasteiger partial charge on any atom is 0.0910 e. The van der Waals surface area contributed by atoms with Gasteiger partial charge >= 0.3 is 0 Å². The molecule has 2 heteroatoms. The number of nitrogens with zero attached hydrogens (tertiary/aromatic N) is 2. The normalized spacial score (nSPS) is 31.3. The second-order valence-corrected chi connectivity index (χ2v) is 10.3. The fraction of sp³-hybridized carbons (Fsp3) is 0.571. The number of rotatable bonds is 3. The average Bonchev–Trinajstić information content (AvgIpc) is 3.56. The highest BCUT2D eigenvalue weighted by atomic mass is 15.4. The molecular weight excluding hydrogens is 364 g/mol. The quantitative estimate of drug-likeness (QED) is 0.567. The van der Waals surface area contributed by atoms with E-state index >= 15 is 0 Å². The largest absolute Gasteiger partial charge is 0.349 e. The minimum Gasteiger partial charge on any atom is -0.349 e. The molecule has 3 fully saturated rings. The number of hydrogen-bond acceptors (Lipinski definition) is 2. The van der Waals surface area contributed by atoms with Crippen LogP contribution in [0.4, 0.5) is 11.4 Å². The van der Waals surface area contributed by atoms with Crippen LogP contribution in [0.2, 0.25) is 0 Å². The third-order valence-electron chi connectivity index (χ3n) is 9.04. The number of hydrogen-bond donors (Lipinski definition) is 0. The van der Waals surface area contributed by atoms with E-state index in [9.17, 15) is 1.37 Å². The van der Waals surface area contributed by atoms with Gasteiger partial charge in [-0.15, -0.1) is 0 Å². The van der Waals surface area contributed by atoms with Crippen molar-refractivity contribution < 1.29 is 1.37 Å². The van der Waals surface area contributed by atoms with Crippen LogP contribution in [0.25, 0.3) is 0 Å². The van der Waals surface area contributed by atoms with E-state index in [1.165, 1.54) is 68.3 Å². The lowest BCUT2D eigenvalue weighted by molar-refractivity contribution is 0.141. The molecule has 2 heterocycles. The zero-order valence-corrected chi connectivity index (χ0v) is 18.6. The molecule has 0 aromatic heterocycles. The number of anilines is 2.